The van der Waals surface area contributed by atoms with Crippen LogP contribution in [-0.2, 0) is 6.61 Å². The highest BCUT2D eigenvalue weighted by Gasteiger charge is 2.19. The van der Waals surface area contributed by atoms with Gasteiger partial charge in [-0.15, -0.1) is 0 Å². The highest BCUT2D eigenvalue weighted by atomic mass is 32.1. The van der Waals surface area contributed by atoms with Gasteiger partial charge in [0.25, 0.3) is 6.43 Å². The van der Waals surface area contributed by atoms with Gasteiger partial charge in [-0.1, -0.05) is 12.1 Å². The van der Waals surface area contributed by atoms with Crippen molar-refractivity contribution < 1.29 is 13.9 Å². The minimum atomic E-state index is -2.70. The summed E-state index contributed by atoms with van der Waals surface area (Å²) in [5.41, 5.74) is 2.03. The van der Waals surface area contributed by atoms with Crippen LogP contribution in [0.25, 0.3) is 0 Å². The van der Waals surface area contributed by atoms with Gasteiger partial charge in [0.15, 0.2) is 0 Å². The second-order valence-corrected chi connectivity index (χ2v) is 3.51. The molecule has 17 heavy (non-hydrogen) atoms. The highest BCUT2D eigenvalue weighted by molar-refractivity contribution is 7.80. The zero-order valence-electron chi connectivity index (χ0n) is 8.73. The van der Waals surface area contributed by atoms with Crippen molar-refractivity contribution >= 4 is 23.0 Å². The summed E-state index contributed by atoms with van der Waals surface area (Å²) in [6.07, 6.45) is -2.70. The molecule has 1 aromatic carbocycles. The molecule has 0 unspecified atom stereocenters. The van der Waals surface area contributed by atoms with Gasteiger partial charge in [0.2, 0.25) is 5.11 Å². The van der Waals surface area contributed by atoms with E-state index in [1.54, 1.807) is 0 Å². The van der Waals surface area contributed by atoms with Gasteiger partial charge >= 0.3 is 0 Å². The van der Waals surface area contributed by atoms with Crippen molar-refractivity contribution in [3.8, 4) is 0 Å². The summed E-state index contributed by atoms with van der Waals surface area (Å²) in [5.74, 6) is 10.7. The summed E-state index contributed by atoms with van der Waals surface area (Å²) in [6.45, 7) is -0.573. The number of alkyl halides is 2. The Bertz CT molecular complexity index is 416. The number of nitrogens with zero attached hydrogens (tertiary/aromatic N) is 1. The average molecular weight is 262 g/mol. The number of hydrazine groups is 2. The van der Waals surface area contributed by atoms with Gasteiger partial charge in [-0.25, -0.2) is 20.5 Å². The van der Waals surface area contributed by atoms with Crippen LogP contribution in [0.4, 0.5) is 14.5 Å². The van der Waals surface area contributed by atoms with Gasteiger partial charge in [0.1, 0.15) is 0 Å². The molecule has 5 nitrogen and oxygen atoms in total. The van der Waals surface area contributed by atoms with Crippen molar-refractivity contribution in [2.24, 2.45) is 11.7 Å². The summed E-state index contributed by atoms with van der Waals surface area (Å²) in [6, 6.07) is 4.07. The quantitative estimate of drug-likeness (QED) is 0.361. The van der Waals surface area contributed by atoms with Crippen molar-refractivity contribution in [1.29, 1.82) is 0 Å². The summed E-state index contributed by atoms with van der Waals surface area (Å²) in [7, 11) is 0. The first-order chi connectivity index (χ1) is 8.02. The van der Waals surface area contributed by atoms with Gasteiger partial charge < -0.3 is 5.11 Å². The number of rotatable bonds is 3. The normalized spacial score (nSPS) is 10.5. The van der Waals surface area contributed by atoms with E-state index in [1.165, 1.54) is 18.2 Å². The number of nitrogens with one attached hydrogen (secondary N) is 1. The van der Waals surface area contributed by atoms with Crippen LogP contribution in [0.15, 0.2) is 18.2 Å². The average Bonchev–Trinajstić information content (AvgIpc) is 2.35. The molecule has 1 rings (SSSR count). The summed E-state index contributed by atoms with van der Waals surface area (Å²) in [4.78, 5) is 0. The Morgan fingerprint density at radius 2 is 2.18 bits per heavy atom. The number of thiocarbonyl (C=S) groups is 1. The van der Waals surface area contributed by atoms with E-state index in [0.717, 1.165) is 5.01 Å². The lowest BCUT2D eigenvalue weighted by Gasteiger charge is -2.22. The lowest BCUT2D eigenvalue weighted by Crippen LogP contribution is -2.47. The lowest BCUT2D eigenvalue weighted by atomic mass is 10.1. The van der Waals surface area contributed by atoms with E-state index in [9.17, 15) is 8.78 Å². The molecule has 0 aliphatic carbocycles. The van der Waals surface area contributed by atoms with Crippen LogP contribution in [0.3, 0.4) is 0 Å². The van der Waals surface area contributed by atoms with E-state index in [0.29, 0.717) is 0 Å². The Morgan fingerprint density at radius 1 is 1.53 bits per heavy atom. The van der Waals surface area contributed by atoms with Gasteiger partial charge in [0, 0.05) is 11.1 Å². The maximum Gasteiger partial charge on any atom is 0.264 e. The number of aliphatic hydroxyl groups excluding tert-OH is 1. The number of halogens is 2. The molecule has 0 radical (unpaired) electrons. The van der Waals surface area contributed by atoms with Gasteiger partial charge in [-0.3, -0.25) is 10.4 Å². The van der Waals surface area contributed by atoms with E-state index in [4.69, 9.17) is 29.0 Å². The molecule has 0 aliphatic rings. The first-order valence-electron chi connectivity index (χ1n) is 4.59. The first-order valence-corrected chi connectivity index (χ1v) is 5.00. The van der Waals surface area contributed by atoms with E-state index < -0.39 is 13.0 Å². The Hall–Kier alpha value is -1.35. The van der Waals surface area contributed by atoms with Gasteiger partial charge in [-0.2, -0.15) is 0 Å². The third kappa shape index (κ3) is 2.86. The minimum Gasteiger partial charge on any atom is -0.392 e. The molecule has 0 aliphatic heterocycles. The van der Waals surface area contributed by atoms with Crippen LogP contribution < -0.4 is 22.1 Å². The fraction of sp³-hybridized carbons (Fsp3) is 0.222. The van der Waals surface area contributed by atoms with E-state index in [2.05, 4.69) is 5.43 Å². The van der Waals surface area contributed by atoms with Crippen LogP contribution >= 0.6 is 12.2 Å². The number of hydrogen-bond acceptors (Lipinski definition) is 4. The monoisotopic (exact) mass is 262 g/mol. The summed E-state index contributed by atoms with van der Waals surface area (Å²) < 4.78 is 25.4. The van der Waals surface area contributed by atoms with E-state index in [1.807, 2.05) is 0 Å². The van der Waals surface area contributed by atoms with Crippen molar-refractivity contribution in [2.45, 2.75) is 13.0 Å². The van der Waals surface area contributed by atoms with Crippen LogP contribution in [0, 0.1) is 0 Å². The van der Waals surface area contributed by atoms with E-state index in [-0.39, 0.29) is 21.9 Å². The Labute approximate surface area is 102 Å². The van der Waals surface area contributed by atoms with Crippen LogP contribution in [0.2, 0.25) is 0 Å². The van der Waals surface area contributed by atoms with Gasteiger partial charge in [0.05, 0.1) is 12.3 Å². The maximum atomic E-state index is 12.7. The molecule has 0 spiro atoms. The van der Waals surface area contributed by atoms with Crippen molar-refractivity contribution in [3.63, 3.8) is 0 Å². The lowest BCUT2D eigenvalue weighted by molar-refractivity contribution is 0.147. The molecule has 0 saturated carbocycles. The van der Waals surface area contributed by atoms with Crippen molar-refractivity contribution in [2.75, 3.05) is 5.01 Å². The molecule has 8 heteroatoms. The van der Waals surface area contributed by atoms with Crippen molar-refractivity contribution in [1.82, 2.24) is 5.43 Å². The molecule has 0 atom stereocenters. The first kappa shape index (κ1) is 13.7. The fourth-order valence-electron chi connectivity index (χ4n) is 1.37. The smallest absolute Gasteiger partial charge is 0.264 e. The highest BCUT2D eigenvalue weighted by Crippen LogP contribution is 2.29. The number of nitrogens with two attached hydrogens (primary N) is 2. The van der Waals surface area contributed by atoms with Crippen LogP contribution in [0.1, 0.15) is 17.6 Å². The Morgan fingerprint density at radius 3 is 2.65 bits per heavy atom. The van der Waals surface area contributed by atoms with Gasteiger partial charge in [-0.05, 0) is 18.3 Å². The van der Waals surface area contributed by atoms with Crippen LogP contribution in [0.5, 0.6) is 0 Å². The molecule has 0 aromatic heterocycles. The number of hydrogen-bond donors (Lipinski definition) is 4. The third-order valence-corrected chi connectivity index (χ3v) is 2.50. The minimum absolute atomic E-state index is 0.0163. The number of benzene rings is 1. The summed E-state index contributed by atoms with van der Waals surface area (Å²) in [5, 5.41) is 10.0. The predicted octanol–water partition coefficient (Wildman–Crippen LogP) is 0.545. The molecule has 6 N–H and O–H groups in total. The van der Waals surface area contributed by atoms with Crippen LogP contribution in [-0.4, -0.2) is 10.2 Å². The SMILES string of the molecule is NNC(=S)N(N)c1cccc(C(F)F)c1CO. The second-order valence-electron chi connectivity index (χ2n) is 3.12. The second kappa shape index (κ2) is 5.82. The molecule has 0 amide bonds. The third-order valence-electron chi connectivity index (χ3n) is 2.18. The van der Waals surface area contributed by atoms with Crippen molar-refractivity contribution in [3.05, 3.63) is 29.3 Å². The molecule has 0 heterocycles. The summed E-state index contributed by atoms with van der Waals surface area (Å²) >= 11 is 4.77. The molecule has 0 bridgehead atoms. The number of anilines is 1. The topological polar surface area (TPSA) is 87.5 Å². The Kier molecular flexibility index (Phi) is 4.70. The maximum absolute atomic E-state index is 12.7. The standard InChI is InChI=1S/C9H12F2N4OS/c10-8(11)5-2-1-3-7(6(5)4-16)15(13)9(17)14-12/h1-3,8,16H,4,12-13H2,(H,14,17). The Balaban J connectivity index is 3.24. The predicted molar refractivity (Wildman–Crippen MR) is 63.9 cm³/mol. The molecule has 0 fully saturated rings. The van der Waals surface area contributed by atoms with E-state index >= 15 is 0 Å². The zero-order chi connectivity index (χ0) is 13.0. The zero-order valence-corrected chi connectivity index (χ0v) is 9.55. The molecule has 0 saturated heterocycles. The number of aliphatic hydroxyl groups is 1. The molecular formula is C9H12F2N4OS. The molecular weight excluding hydrogens is 250 g/mol. The fourth-order valence-corrected chi connectivity index (χ4v) is 1.47. The molecule has 1 aromatic rings. The molecule has 94 valence electrons. The largest absolute Gasteiger partial charge is 0.392 e.